The molecule has 21 heavy (non-hydrogen) atoms. The molecule has 2 aromatic rings. The van der Waals surface area contributed by atoms with Gasteiger partial charge in [-0.1, -0.05) is 6.07 Å². The average molecular weight is 393 g/mol. The topological polar surface area (TPSA) is 63.2 Å². The van der Waals surface area contributed by atoms with E-state index in [2.05, 4.69) is 21.2 Å². The highest BCUT2D eigenvalue weighted by Crippen LogP contribution is 2.28. The minimum absolute atomic E-state index is 0.104. The van der Waals surface area contributed by atoms with Crippen LogP contribution in [-0.4, -0.2) is 14.3 Å². The molecule has 8 heteroatoms. The number of carbonyl (C=O) groups is 1. The Hall–Kier alpha value is -1.44. The van der Waals surface area contributed by atoms with Crippen molar-refractivity contribution in [3.8, 4) is 0 Å². The van der Waals surface area contributed by atoms with Gasteiger partial charge in [0.1, 0.15) is 5.82 Å². The molecule has 0 spiro atoms. The first kappa shape index (κ1) is 15.9. The third-order valence-corrected chi connectivity index (χ3v) is 4.84. The molecule has 0 aliphatic carbocycles. The number of hydrogen-bond acceptors (Lipinski definition) is 3. The van der Waals surface area contributed by atoms with Crippen LogP contribution in [0.3, 0.4) is 0 Å². The van der Waals surface area contributed by atoms with E-state index in [1.165, 1.54) is 36.4 Å². The molecule has 0 aromatic heterocycles. The first-order valence-corrected chi connectivity index (χ1v) is 8.69. The lowest BCUT2D eigenvalue weighted by molar-refractivity contribution is 0.102. The standard InChI is InChI=1S/C13H8BrClFNO3S/c14-11-7-10(4-5-12(11)21(15,19)20)17-13(18)8-2-1-3-9(16)6-8/h1-7H,(H,17,18). The Morgan fingerprint density at radius 2 is 1.90 bits per heavy atom. The Balaban J connectivity index is 2.25. The number of rotatable bonds is 3. The van der Waals surface area contributed by atoms with Crippen LogP contribution in [0.15, 0.2) is 51.8 Å². The fourth-order valence-electron chi connectivity index (χ4n) is 1.61. The van der Waals surface area contributed by atoms with E-state index >= 15 is 0 Å². The molecule has 0 fully saturated rings. The molecular weight excluding hydrogens is 385 g/mol. The number of amides is 1. The molecule has 1 amide bonds. The molecular formula is C13H8BrClFNO3S. The van der Waals surface area contributed by atoms with Crippen LogP contribution in [0.4, 0.5) is 10.1 Å². The maximum Gasteiger partial charge on any atom is 0.262 e. The second kappa shape index (κ2) is 6.13. The van der Waals surface area contributed by atoms with E-state index in [0.29, 0.717) is 5.69 Å². The van der Waals surface area contributed by atoms with Crippen LogP contribution in [0, 0.1) is 5.82 Å². The van der Waals surface area contributed by atoms with Gasteiger partial charge in [0.15, 0.2) is 0 Å². The average Bonchev–Trinajstić information content (AvgIpc) is 2.37. The van der Waals surface area contributed by atoms with Crippen molar-refractivity contribution >= 4 is 47.3 Å². The van der Waals surface area contributed by atoms with Crippen LogP contribution < -0.4 is 5.32 Å². The summed E-state index contributed by atoms with van der Waals surface area (Å²) in [6.07, 6.45) is 0. The number of carbonyl (C=O) groups excluding carboxylic acids is 1. The van der Waals surface area contributed by atoms with Gasteiger partial charge in [-0.25, -0.2) is 12.8 Å². The maximum absolute atomic E-state index is 13.0. The highest BCUT2D eigenvalue weighted by Gasteiger charge is 2.15. The summed E-state index contributed by atoms with van der Waals surface area (Å²) >= 11 is 3.07. The summed E-state index contributed by atoms with van der Waals surface area (Å²) in [6.45, 7) is 0. The molecule has 0 bridgehead atoms. The summed E-state index contributed by atoms with van der Waals surface area (Å²) in [5.74, 6) is -1.03. The van der Waals surface area contributed by atoms with Gasteiger partial charge in [0, 0.05) is 26.4 Å². The number of anilines is 1. The molecule has 0 aliphatic heterocycles. The minimum Gasteiger partial charge on any atom is -0.322 e. The summed E-state index contributed by atoms with van der Waals surface area (Å²) in [7, 11) is 1.37. The smallest absolute Gasteiger partial charge is 0.262 e. The van der Waals surface area contributed by atoms with Gasteiger partial charge >= 0.3 is 0 Å². The highest BCUT2D eigenvalue weighted by molar-refractivity contribution is 9.10. The third kappa shape index (κ3) is 4.03. The fraction of sp³-hybridized carbons (Fsp3) is 0. The van der Waals surface area contributed by atoms with E-state index in [1.54, 1.807) is 0 Å². The second-order valence-corrected chi connectivity index (χ2v) is 7.44. The van der Waals surface area contributed by atoms with Gasteiger partial charge in [-0.15, -0.1) is 0 Å². The van der Waals surface area contributed by atoms with Crippen LogP contribution in [0.2, 0.25) is 0 Å². The molecule has 0 saturated heterocycles. The van der Waals surface area contributed by atoms with Crippen molar-refractivity contribution in [1.29, 1.82) is 0 Å². The number of nitrogens with one attached hydrogen (secondary N) is 1. The zero-order chi connectivity index (χ0) is 15.6. The van der Waals surface area contributed by atoms with Gasteiger partial charge in [-0.2, -0.15) is 0 Å². The van der Waals surface area contributed by atoms with E-state index in [-0.39, 0.29) is 14.9 Å². The molecule has 0 aliphatic rings. The minimum atomic E-state index is -3.87. The number of halogens is 3. The third-order valence-electron chi connectivity index (χ3n) is 2.54. The van der Waals surface area contributed by atoms with Crippen molar-refractivity contribution in [2.45, 2.75) is 4.90 Å². The lowest BCUT2D eigenvalue weighted by Crippen LogP contribution is -2.12. The Kier molecular flexibility index (Phi) is 4.65. The molecule has 2 rings (SSSR count). The number of hydrogen-bond donors (Lipinski definition) is 1. The van der Waals surface area contributed by atoms with Gasteiger partial charge in [0.25, 0.3) is 15.0 Å². The Labute approximate surface area is 133 Å². The Morgan fingerprint density at radius 1 is 1.19 bits per heavy atom. The molecule has 110 valence electrons. The van der Waals surface area contributed by atoms with Gasteiger partial charge in [0.05, 0.1) is 4.90 Å². The summed E-state index contributed by atoms with van der Waals surface area (Å²) in [5.41, 5.74) is 0.500. The van der Waals surface area contributed by atoms with Gasteiger partial charge < -0.3 is 5.32 Å². The Bertz CT molecular complexity index is 811. The normalized spacial score (nSPS) is 11.2. The number of benzene rings is 2. The first-order valence-electron chi connectivity index (χ1n) is 5.58. The van der Waals surface area contributed by atoms with Crippen LogP contribution in [0.5, 0.6) is 0 Å². The van der Waals surface area contributed by atoms with Crippen LogP contribution in [-0.2, 0) is 9.05 Å². The predicted molar refractivity (Wildman–Crippen MR) is 81.5 cm³/mol. The molecule has 2 aromatic carbocycles. The first-order chi connectivity index (χ1) is 9.77. The van der Waals surface area contributed by atoms with Crippen LogP contribution in [0.25, 0.3) is 0 Å². The van der Waals surface area contributed by atoms with E-state index in [9.17, 15) is 17.6 Å². The van der Waals surface area contributed by atoms with Crippen molar-refractivity contribution in [2.75, 3.05) is 5.32 Å². The predicted octanol–water partition coefficient (Wildman–Crippen LogP) is 3.77. The quantitative estimate of drug-likeness (QED) is 0.809. The SMILES string of the molecule is O=C(Nc1ccc(S(=O)(=O)Cl)c(Br)c1)c1cccc(F)c1. The molecule has 4 nitrogen and oxygen atoms in total. The second-order valence-electron chi connectivity index (χ2n) is 4.05. The summed E-state index contributed by atoms with van der Waals surface area (Å²) in [4.78, 5) is 11.8. The highest BCUT2D eigenvalue weighted by atomic mass is 79.9. The fourth-order valence-corrected chi connectivity index (χ4v) is 3.83. The molecule has 0 heterocycles. The van der Waals surface area contributed by atoms with Crippen LogP contribution >= 0.6 is 26.6 Å². The lowest BCUT2D eigenvalue weighted by Gasteiger charge is -2.07. The summed E-state index contributed by atoms with van der Waals surface area (Å²) < 4.78 is 35.8. The largest absolute Gasteiger partial charge is 0.322 e. The molecule has 0 radical (unpaired) electrons. The van der Waals surface area contributed by atoms with E-state index in [0.717, 1.165) is 6.07 Å². The lowest BCUT2D eigenvalue weighted by atomic mass is 10.2. The van der Waals surface area contributed by atoms with Gasteiger partial charge in [0.2, 0.25) is 0 Å². The van der Waals surface area contributed by atoms with Gasteiger partial charge in [-0.05, 0) is 52.3 Å². The Morgan fingerprint density at radius 3 is 2.48 bits per heavy atom. The van der Waals surface area contributed by atoms with E-state index in [4.69, 9.17) is 10.7 Å². The van der Waals surface area contributed by atoms with Crippen molar-refractivity contribution in [2.24, 2.45) is 0 Å². The van der Waals surface area contributed by atoms with E-state index in [1.807, 2.05) is 0 Å². The van der Waals surface area contributed by atoms with Crippen molar-refractivity contribution < 1.29 is 17.6 Å². The summed E-state index contributed by atoms with van der Waals surface area (Å²) in [6, 6.07) is 9.25. The maximum atomic E-state index is 13.0. The zero-order valence-electron chi connectivity index (χ0n) is 10.3. The molecule has 1 N–H and O–H groups in total. The van der Waals surface area contributed by atoms with Crippen molar-refractivity contribution in [3.05, 3.63) is 58.3 Å². The van der Waals surface area contributed by atoms with E-state index < -0.39 is 20.8 Å². The molecule has 0 unspecified atom stereocenters. The van der Waals surface area contributed by atoms with Crippen molar-refractivity contribution in [1.82, 2.24) is 0 Å². The zero-order valence-corrected chi connectivity index (χ0v) is 13.5. The van der Waals surface area contributed by atoms with Gasteiger partial charge in [-0.3, -0.25) is 4.79 Å². The van der Waals surface area contributed by atoms with Crippen molar-refractivity contribution in [3.63, 3.8) is 0 Å². The molecule has 0 atom stereocenters. The van der Waals surface area contributed by atoms with Crippen LogP contribution in [0.1, 0.15) is 10.4 Å². The monoisotopic (exact) mass is 391 g/mol. The molecule has 0 saturated carbocycles. The summed E-state index contributed by atoms with van der Waals surface area (Å²) in [5, 5.41) is 2.53.